The highest BCUT2D eigenvalue weighted by Crippen LogP contribution is 2.38. The number of anilines is 1. The summed E-state index contributed by atoms with van der Waals surface area (Å²) >= 11 is 0. The molecule has 0 aliphatic heterocycles. The molecule has 4 rings (SSSR count). The molecule has 148 valence electrons. The molecular weight excluding hydrogens is 360 g/mol. The molecule has 0 radical (unpaired) electrons. The number of aromatic amines is 1. The van der Waals surface area contributed by atoms with E-state index in [1.54, 1.807) is 7.11 Å². The Morgan fingerprint density at radius 2 is 1.66 bits per heavy atom. The zero-order valence-electron chi connectivity index (χ0n) is 17.0. The van der Waals surface area contributed by atoms with Crippen LogP contribution in [0.4, 0.5) is 5.69 Å². The summed E-state index contributed by atoms with van der Waals surface area (Å²) in [6.45, 7) is 4.77. The average Bonchev–Trinajstić information content (AvgIpc) is 3.09. The third-order valence-corrected chi connectivity index (χ3v) is 5.16. The lowest BCUT2D eigenvalue weighted by atomic mass is 9.95. The van der Waals surface area contributed by atoms with Crippen molar-refractivity contribution in [3.63, 3.8) is 0 Å². The van der Waals surface area contributed by atoms with Crippen LogP contribution in [-0.4, -0.2) is 18.7 Å². The van der Waals surface area contributed by atoms with Crippen molar-refractivity contribution in [2.45, 2.75) is 19.9 Å². The maximum atomic E-state index is 5.69. The molecule has 0 aliphatic carbocycles. The fourth-order valence-electron chi connectivity index (χ4n) is 3.86. The van der Waals surface area contributed by atoms with Crippen molar-refractivity contribution in [2.75, 3.05) is 19.0 Å². The van der Waals surface area contributed by atoms with Crippen molar-refractivity contribution in [1.82, 2.24) is 4.98 Å². The minimum atomic E-state index is -0.0692. The summed E-state index contributed by atoms with van der Waals surface area (Å²) in [5, 5.41) is 4.93. The zero-order chi connectivity index (χ0) is 20.2. The second-order valence-corrected chi connectivity index (χ2v) is 6.99. The van der Waals surface area contributed by atoms with E-state index in [-0.39, 0.29) is 6.04 Å². The largest absolute Gasteiger partial charge is 0.496 e. The Balaban J connectivity index is 1.82. The van der Waals surface area contributed by atoms with Gasteiger partial charge in [0.25, 0.3) is 0 Å². The number of fused-ring (bicyclic) bond motifs is 1. The molecule has 0 aliphatic rings. The molecule has 1 aromatic heterocycles. The fraction of sp³-hybridized carbons (Fsp3) is 0.200. The Morgan fingerprint density at radius 1 is 0.931 bits per heavy atom. The molecule has 4 aromatic rings. The highest BCUT2D eigenvalue weighted by Gasteiger charge is 2.23. The van der Waals surface area contributed by atoms with Gasteiger partial charge in [0.2, 0.25) is 0 Å². The Bertz CT molecular complexity index is 1100. The number of rotatable bonds is 7. The van der Waals surface area contributed by atoms with Gasteiger partial charge in [-0.25, -0.2) is 0 Å². The van der Waals surface area contributed by atoms with Crippen molar-refractivity contribution in [3.05, 3.63) is 89.6 Å². The molecule has 0 saturated heterocycles. The number of methoxy groups -OCH3 is 1. The molecule has 4 heteroatoms. The van der Waals surface area contributed by atoms with Crippen LogP contribution in [0, 0.1) is 6.92 Å². The summed E-state index contributed by atoms with van der Waals surface area (Å²) in [7, 11) is 1.72. The molecular formula is C25H26N2O2. The third-order valence-electron chi connectivity index (χ3n) is 5.16. The number of benzene rings is 3. The monoisotopic (exact) mass is 386 g/mol. The van der Waals surface area contributed by atoms with Gasteiger partial charge >= 0.3 is 0 Å². The van der Waals surface area contributed by atoms with Crippen LogP contribution in [0.1, 0.15) is 29.8 Å². The van der Waals surface area contributed by atoms with Gasteiger partial charge in [-0.05, 0) is 50.2 Å². The van der Waals surface area contributed by atoms with Crippen molar-refractivity contribution < 1.29 is 9.47 Å². The van der Waals surface area contributed by atoms with Gasteiger partial charge in [0.05, 0.1) is 19.8 Å². The molecule has 0 bridgehead atoms. The molecule has 0 amide bonds. The standard InChI is InChI=1S/C25H26N2O2/c1-4-29-19-15-13-18(14-16-19)27-25(21-10-6-8-12-23(21)28-3)24-17(2)26-22-11-7-5-9-20(22)24/h5-16,25-27H,4H2,1-3H3. The number of hydrogen-bond acceptors (Lipinski definition) is 3. The number of aromatic nitrogens is 1. The number of H-pyrrole nitrogens is 1. The minimum absolute atomic E-state index is 0.0692. The van der Waals surface area contributed by atoms with Crippen LogP contribution >= 0.6 is 0 Å². The summed E-state index contributed by atoms with van der Waals surface area (Å²) < 4.78 is 11.3. The van der Waals surface area contributed by atoms with Gasteiger partial charge in [0, 0.05) is 33.4 Å². The lowest BCUT2D eigenvalue weighted by molar-refractivity contribution is 0.340. The van der Waals surface area contributed by atoms with Gasteiger partial charge in [0.15, 0.2) is 0 Å². The summed E-state index contributed by atoms with van der Waals surface area (Å²) in [6, 6.07) is 24.6. The molecule has 0 spiro atoms. The quantitative estimate of drug-likeness (QED) is 0.404. The Morgan fingerprint density at radius 3 is 2.41 bits per heavy atom. The van der Waals surface area contributed by atoms with Gasteiger partial charge in [-0.1, -0.05) is 36.4 Å². The van der Waals surface area contributed by atoms with Crippen LogP contribution in [0.25, 0.3) is 10.9 Å². The summed E-state index contributed by atoms with van der Waals surface area (Å²) in [5.74, 6) is 1.73. The van der Waals surface area contributed by atoms with E-state index in [1.807, 2.05) is 31.2 Å². The highest BCUT2D eigenvalue weighted by molar-refractivity contribution is 5.86. The van der Waals surface area contributed by atoms with Crippen molar-refractivity contribution in [2.24, 2.45) is 0 Å². The van der Waals surface area contributed by atoms with Gasteiger partial charge < -0.3 is 19.8 Å². The maximum Gasteiger partial charge on any atom is 0.124 e. The molecule has 0 saturated carbocycles. The summed E-state index contributed by atoms with van der Waals surface area (Å²) in [4.78, 5) is 3.53. The van der Waals surface area contributed by atoms with E-state index in [4.69, 9.17) is 9.47 Å². The first-order valence-corrected chi connectivity index (χ1v) is 9.90. The Hall–Kier alpha value is -3.40. The normalized spacial score (nSPS) is 12.0. The predicted octanol–water partition coefficient (Wildman–Crippen LogP) is 6.09. The zero-order valence-corrected chi connectivity index (χ0v) is 17.0. The van der Waals surface area contributed by atoms with Gasteiger partial charge in [-0.15, -0.1) is 0 Å². The molecule has 3 aromatic carbocycles. The third kappa shape index (κ3) is 3.79. The number of nitrogens with one attached hydrogen (secondary N) is 2. The maximum absolute atomic E-state index is 5.69. The van der Waals surface area contributed by atoms with E-state index in [0.29, 0.717) is 6.61 Å². The van der Waals surface area contributed by atoms with Crippen LogP contribution in [0.15, 0.2) is 72.8 Å². The first-order valence-electron chi connectivity index (χ1n) is 9.90. The summed E-state index contributed by atoms with van der Waals surface area (Å²) in [5.41, 5.74) is 5.61. The molecule has 1 heterocycles. The van der Waals surface area contributed by atoms with Crippen LogP contribution < -0.4 is 14.8 Å². The summed E-state index contributed by atoms with van der Waals surface area (Å²) in [6.07, 6.45) is 0. The molecule has 1 atom stereocenters. The van der Waals surface area contributed by atoms with E-state index in [2.05, 4.69) is 65.8 Å². The van der Waals surface area contributed by atoms with Crippen LogP contribution in [0.3, 0.4) is 0 Å². The van der Waals surface area contributed by atoms with E-state index < -0.39 is 0 Å². The number of hydrogen-bond donors (Lipinski definition) is 2. The first kappa shape index (κ1) is 18.9. The highest BCUT2D eigenvalue weighted by atomic mass is 16.5. The Kier molecular flexibility index (Phi) is 5.43. The minimum Gasteiger partial charge on any atom is -0.496 e. The molecule has 2 N–H and O–H groups in total. The molecule has 4 nitrogen and oxygen atoms in total. The lowest BCUT2D eigenvalue weighted by Crippen LogP contribution is -2.14. The average molecular weight is 386 g/mol. The molecule has 1 unspecified atom stereocenters. The van der Waals surface area contributed by atoms with Crippen LogP contribution in [0.5, 0.6) is 11.5 Å². The molecule has 29 heavy (non-hydrogen) atoms. The van der Waals surface area contributed by atoms with E-state index in [0.717, 1.165) is 34.0 Å². The van der Waals surface area contributed by atoms with Gasteiger partial charge in [-0.2, -0.15) is 0 Å². The van der Waals surface area contributed by atoms with Gasteiger partial charge in [-0.3, -0.25) is 0 Å². The lowest BCUT2D eigenvalue weighted by Gasteiger charge is -2.23. The van der Waals surface area contributed by atoms with Crippen molar-refractivity contribution >= 4 is 16.6 Å². The topological polar surface area (TPSA) is 46.3 Å². The smallest absolute Gasteiger partial charge is 0.124 e. The number of para-hydroxylation sites is 2. The van der Waals surface area contributed by atoms with Crippen LogP contribution in [-0.2, 0) is 0 Å². The predicted molar refractivity (Wildman–Crippen MR) is 119 cm³/mol. The Labute approximate surface area is 171 Å². The van der Waals surface area contributed by atoms with Crippen LogP contribution in [0.2, 0.25) is 0 Å². The number of aryl methyl sites for hydroxylation is 1. The van der Waals surface area contributed by atoms with Crippen molar-refractivity contribution in [3.8, 4) is 11.5 Å². The second-order valence-electron chi connectivity index (χ2n) is 6.99. The SMILES string of the molecule is CCOc1ccc(NC(c2ccccc2OC)c2c(C)[nH]c3ccccc23)cc1. The van der Waals surface area contributed by atoms with E-state index >= 15 is 0 Å². The second kappa shape index (κ2) is 8.31. The van der Waals surface area contributed by atoms with E-state index in [9.17, 15) is 0 Å². The van der Waals surface area contributed by atoms with E-state index in [1.165, 1.54) is 10.9 Å². The van der Waals surface area contributed by atoms with Gasteiger partial charge in [0.1, 0.15) is 11.5 Å². The molecule has 0 fully saturated rings. The van der Waals surface area contributed by atoms with Crippen molar-refractivity contribution in [1.29, 1.82) is 0 Å². The first-order chi connectivity index (χ1) is 14.2. The fourth-order valence-corrected chi connectivity index (χ4v) is 3.86. The number of ether oxygens (including phenoxy) is 2.